The topological polar surface area (TPSA) is 128 Å². The van der Waals surface area contributed by atoms with Crippen molar-refractivity contribution in [2.24, 2.45) is 7.05 Å². The van der Waals surface area contributed by atoms with Crippen LogP contribution in [-0.2, 0) is 7.05 Å². The van der Waals surface area contributed by atoms with Crippen LogP contribution in [0.4, 0.5) is 11.6 Å². The van der Waals surface area contributed by atoms with E-state index >= 15 is 0 Å². The summed E-state index contributed by atoms with van der Waals surface area (Å²) in [7, 11) is 1.56. The molecule has 0 atom stereocenters. The summed E-state index contributed by atoms with van der Waals surface area (Å²) in [6, 6.07) is 5.55. The molecule has 10 nitrogen and oxygen atoms in total. The number of aryl methyl sites for hydroxylation is 1. The number of para-hydroxylation sites is 1. The highest BCUT2D eigenvalue weighted by Gasteiger charge is 2.20. The molecule has 0 radical (unpaired) electrons. The molecule has 0 saturated heterocycles. The number of carbonyl (C=O) groups is 1. The molecular formula is C10H9N7O3S. The molecule has 2 rings (SSSR count). The van der Waals surface area contributed by atoms with E-state index in [1.165, 1.54) is 29.1 Å². The Hall–Kier alpha value is -2.95. The zero-order valence-electron chi connectivity index (χ0n) is 10.7. The van der Waals surface area contributed by atoms with E-state index in [4.69, 9.17) is 12.2 Å². The average Bonchev–Trinajstić information content (AvgIpc) is 2.83. The van der Waals surface area contributed by atoms with Gasteiger partial charge in [-0.1, -0.05) is 17.2 Å². The Bertz CT molecular complexity index is 714. The molecule has 1 aromatic carbocycles. The number of aromatic nitrogens is 4. The number of nitrogens with one attached hydrogen (secondary N) is 2. The molecule has 21 heavy (non-hydrogen) atoms. The molecule has 0 aliphatic carbocycles. The van der Waals surface area contributed by atoms with E-state index in [0.717, 1.165) is 0 Å². The van der Waals surface area contributed by atoms with Gasteiger partial charge in [0.05, 0.1) is 12.0 Å². The van der Waals surface area contributed by atoms with Crippen molar-refractivity contribution in [2.45, 2.75) is 0 Å². The van der Waals surface area contributed by atoms with Gasteiger partial charge in [-0.2, -0.15) is 4.80 Å². The average molecular weight is 307 g/mol. The minimum Gasteiger partial charge on any atom is -0.298 e. The highest BCUT2D eigenvalue weighted by atomic mass is 32.1. The molecule has 0 bridgehead atoms. The van der Waals surface area contributed by atoms with Gasteiger partial charge in [0.1, 0.15) is 5.56 Å². The SMILES string of the molecule is Cn1nnc(NC(=S)NC(=O)c2ccccc2[N+](=O)[O-])n1. The first kappa shape index (κ1) is 14.5. The van der Waals surface area contributed by atoms with Gasteiger partial charge in [-0.3, -0.25) is 25.5 Å². The predicted molar refractivity (Wildman–Crippen MR) is 75.6 cm³/mol. The largest absolute Gasteiger partial charge is 0.298 e. The molecule has 2 N–H and O–H groups in total. The van der Waals surface area contributed by atoms with E-state index in [0.29, 0.717) is 0 Å². The lowest BCUT2D eigenvalue weighted by Crippen LogP contribution is -2.34. The normalized spacial score (nSPS) is 9.95. The van der Waals surface area contributed by atoms with E-state index in [9.17, 15) is 14.9 Å². The van der Waals surface area contributed by atoms with Crippen LogP contribution >= 0.6 is 12.2 Å². The number of anilines is 1. The molecule has 2 aromatic rings. The van der Waals surface area contributed by atoms with Crippen LogP contribution in [0.25, 0.3) is 0 Å². The van der Waals surface area contributed by atoms with Crippen LogP contribution in [0.2, 0.25) is 0 Å². The molecule has 11 heteroatoms. The van der Waals surface area contributed by atoms with Crippen LogP contribution in [0.1, 0.15) is 10.4 Å². The van der Waals surface area contributed by atoms with Crippen LogP contribution in [-0.4, -0.2) is 36.2 Å². The highest BCUT2D eigenvalue weighted by Crippen LogP contribution is 2.17. The molecule has 0 fully saturated rings. The third-order valence-electron chi connectivity index (χ3n) is 2.31. The van der Waals surface area contributed by atoms with Gasteiger partial charge in [0.2, 0.25) is 0 Å². The monoisotopic (exact) mass is 307 g/mol. The third kappa shape index (κ3) is 3.54. The maximum absolute atomic E-state index is 12.0. The van der Waals surface area contributed by atoms with Gasteiger partial charge in [0.25, 0.3) is 17.5 Å². The summed E-state index contributed by atoms with van der Waals surface area (Å²) >= 11 is 4.90. The fourth-order valence-electron chi connectivity index (χ4n) is 1.46. The van der Waals surface area contributed by atoms with Gasteiger partial charge in [-0.05, 0) is 23.5 Å². The molecule has 1 heterocycles. The maximum Gasteiger partial charge on any atom is 0.282 e. The van der Waals surface area contributed by atoms with Crippen molar-refractivity contribution in [1.29, 1.82) is 0 Å². The molecular weight excluding hydrogens is 298 g/mol. The number of rotatable bonds is 3. The fraction of sp³-hybridized carbons (Fsp3) is 0.100. The number of hydrogen-bond donors (Lipinski definition) is 2. The second kappa shape index (κ2) is 6.00. The Morgan fingerprint density at radius 3 is 2.76 bits per heavy atom. The van der Waals surface area contributed by atoms with Gasteiger partial charge in [-0.25, -0.2) is 0 Å². The first-order chi connectivity index (χ1) is 9.97. The van der Waals surface area contributed by atoms with Crippen LogP contribution in [0.3, 0.4) is 0 Å². The van der Waals surface area contributed by atoms with E-state index in [2.05, 4.69) is 26.0 Å². The zero-order valence-corrected chi connectivity index (χ0v) is 11.5. The molecule has 1 aromatic heterocycles. The Labute approximate surface area is 123 Å². The fourth-order valence-corrected chi connectivity index (χ4v) is 1.65. The lowest BCUT2D eigenvalue weighted by molar-refractivity contribution is -0.385. The van der Waals surface area contributed by atoms with Crippen molar-refractivity contribution < 1.29 is 9.72 Å². The molecule has 0 saturated carbocycles. The summed E-state index contributed by atoms with van der Waals surface area (Å²) in [4.78, 5) is 23.4. The number of amides is 1. The zero-order chi connectivity index (χ0) is 15.4. The van der Waals surface area contributed by atoms with Crippen LogP contribution in [0.5, 0.6) is 0 Å². The summed E-state index contributed by atoms with van der Waals surface area (Å²) in [6.07, 6.45) is 0. The number of nitro groups is 1. The van der Waals surface area contributed by atoms with E-state index in [1.54, 1.807) is 7.05 Å². The molecule has 108 valence electrons. The van der Waals surface area contributed by atoms with Gasteiger partial charge >= 0.3 is 0 Å². The molecule has 0 spiro atoms. The minimum atomic E-state index is -0.705. The minimum absolute atomic E-state index is 0.0915. The number of nitro benzene ring substituents is 1. The quantitative estimate of drug-likeness (QED) is 0.469. The number of benzene rings is 1. The lowest BCUT2D eigenvalue weighted by Gasteiger charge is -2.06. The number of thiocarbonyl (C=S) groups is 1. The molecule has 0 unspecified atom stereocenters. The van der Waals surface area contributed by atoms with Gasteiger partial charge < -0.3 is 0 Å². The summed E-state index contributed by atoms with van der Waals surface area (Å²) in [6.45, 7) is 0. The maximum atomic E-state index is 12.0. The molecule has 0 aliphatic rings. The second-order valence-corrected chi connectivity index (χ2v) is 4.19. The highest BCUT2D eigenvalue weighted by molar-refractivity contribution is 7.80. The van der Waals surface area contributed by atoms with Crippen molar-refractivity contribution >= 4 is 34.9 Å². The smallest absolute Gasteiger partial charge is 0.282 e. The Balaban J connectivity index is 2.08. The predicted octanol–water partition coefficient (Wildman–Crippen LogP) is 0.245. The van der Waals surface area contributed by atoms with Crippen LogP contribution < -0.4 is 10.6 Å². The van der Waals surface area contributed by atoms with Crippen molar-refractivity contribution in [1.82, 2.24) is 25.5 Å². The number of carbonyl (C=O) groups excluding carboxylic acids is 1. The first-order valence-corrected chi connectivity index (χ1v) is 5.98. The Morgan fingerprint density at radius 1 is 1.43 bits per heavy atom. The van der Waals surface area contributed by atoms with E-state index in [1.807, 2.05) is 0 Å². The van der Waals surface area contributed by atoms with Crippen molar-refractivity contribution in [2.75, 3.05) is 5.32 Å². The number of tetrazole rings is 1. The summed E-state index contributed by atoms with van der Waals surface area (Å²) in [5.74, 6) is -0.603. The third-order valence-corrected chi connectivity index (χ3v) is 2.51. The van der Waals surface area contributed by atoms with Crippen molar-refractivity contribution in [3.05, 3.63) is 39.9 Å². The molecule has 1 amide bonds. The number of hydrogen-bond acceptors (Lipinski definition) is 7. The second-order valence-electron chi connectivity index (χ2n) is 3.78. The standard InChI is InChI=1S/C10H9N7O3S/c1-16-14-9(13-15-16)12-10(21)11-8(18)6-4-2-3-5-7(6)17(19)20/h2-5H,1H3,(H2,11,12,14,18,21). The van der Waals surface area contributed by atoms with Gasteiger partial charge in [-0.15, -0.1) is 5.10 Å². The first-order valence-electron chi connectivity index (χ1n) is 5.57. The Kier molecular flexibility index (Phi) is 4.13. The summed E-state index contributed by atoms with van der Waals surface area (Å²) in [5.41, 5.74) is -0.408. The van der Waals surface area contributed by atoms with Crippen molar-refractivity contribution in [3.63, 3.8) is 0 Å². The van der Waals surface area contributed by atoms with Gasteiger partial charge in [0, 0.05) is 6.07 Å². The summed E-state index contributed by atoms with van der Waals surface area (Å²) in [5, 5.41) is 26.6. The van der Waals surface area contributed by atoms with E-state index in [-0.39, 0.29) is 22.3 Å². The summed E-state index contributed by atoms with van der Waals surface area (Å²) < 4.78 is 0. The lowest BCUT2D eigenvalue weighted by atomic mass is 10.1. The van der Waals surface area contributed by atoms with Crippen molar-refractivity contribution in [3.8, 4) is 0 Å². The van der Waals surface area contributed by atoms with Crippen LogP contribution in [0, 0.1) is 10.1 Å². The Morgan fingerprint density at radius 2 is 2.14 bits per heavy atom. The number of nitrogens with zero attached hydrogens (tertiary/aromatic N) is 5. The van der Waals surface area contributed by atoms with E-state index < -0.39 is 10.8 Å². The van der Waals surface area contributed by atoms with Crippen LogP contribution in [0.15, 0.2) is 24.3 Å². The molecule has 0 aliphatic heterocycles. The van der Waals surface area contributed by atoms with Gasteiger partial charge in [0.15, 0.2) is 5.11 Å².